The Bertz CT molecular complexity index is 1760. The zero-order valence-corrected chi connectivity index (χ0v) is 20.1. The van der Waals surface area contributed by atoms with E-state index in [1.54, 1.807) is 6.07 Å². The molecule has 0 fully saturated rings. The highest BCUT2D eigenvalue weighted by Crippen LogP contribution is 2.39. The summed E-state index contributed by atoms with van der Waals surface area (Å²) >= 11 is 0. The molecule has 4 N–H and O–H groups in total. The average molecular weight is 496 g/mol. The second-order valence-corrected chi connectivity index (χ2v) is 8.60. The van der Waals surface area contributed by atoms with Crippen molar-refractivity contribution in [2.45, 2.75) is 0 Å². The Balaban J connectivity index is 0.00000267. The Morgan fingerprint density at radius 2 is 1.39 bits per heavy atom. The number of nitrogen functional groups attached to an aromatic ring is 1. The van der Waals surface area contributed by atoms with Crippen LogP contribution in [0.1, 0.15) is 16.7 Å². The van der Waals surface area contributed by atoms with Crippen molar-refractivity contribution in [2.24, 2.45) is 12.8 Å². The number of benzene rings is 3. The second kappa shape index (κ2) is 8.55. The van der Waals surface area contributed by atoms with Gasteiger partial charge in [0.1, 0.15) is 5.84 Å². The molecule has 7 nitrogen and oxygen atoms in total. The number of aryl methyl sites for hydroxylation is 1. The van der Waals surface area contributed by atoms with Crippen LogP contribution in [-0.2, 0) is 16.6 Å². The molecule has 2 amide bonds. The zero-order valence-electron chi connectivity index (χ0n) is 19.3. The Kier molecular flexibility index (Phi) is 5.50. The summed E-state index contributed by atoms with van der Waals surface area (Å²) in [6.45, 7) is 0. The van der Waals surface area contributed by atoms with Gasteiger partial charge in [0.15, 0.2) is 0 Å². The number of para-hydroxylation sites is 2. The molecule has 0 saturated carbocycles. The molecule has 2 aromatic heterocycles. The number of fused-ring (bicyclic) bond motifs is 2. The molecule has 3 heterocycles. The first-order valence-electron chi connectivity index (χ1n) is 11.1. The first-order valence-corrected chi connectivity index (χ1v) is 11.1. The number of carbonyl (C=O) groups excluding carboxylic acids is 2. The summed E-state index contributed by atoms with van der Waals surface area (Å²) in [6.07, 6.45) is 3.77. The van der Waals surface area contributed by atoms with Crippen molar-refractivity contribution < 1.29 is 9.59 Å². The van der Waals surface area contributed by atoms with E-state index in [1.165, 1.54) is 0 Å². The molecule has 0 saturated heterocycles. The first-order chi connectivity index (χ1) is 16.9. The highest BCUT2D eigenvalue weighted by Gasteiger charge is 2.35. The van der Waals surface area contributed by atoms with Gasteiger partial charge in [0.25, 0.3) is 11.8 Å². The number of nitrogens with one attached hydrogen (secondary N) is 2. The van der Waals surface area contributed by atoms with Crippen LogP contribution in [0.15, 0.2) is 85.2 Å². The molecule has 6 rings (SSSR count). The number of nitrogens with zero attached hydrogens (tertiary/aromatic N) is 2. The van der Waals surface area contributed by atoms with Crippen LogP contribution in [-0.4, -0.2) is 26.8 Å². The van der Waals surface area contributed by atoms with Crippen molar-refractivity contribution in [1.29, 1.82) is 5.41 Å². The monoisotopic (exact) mass is 495 g/mol. The maximum absolute atomic E-state index is 13.2. The maximum Gasteiger partial charge on any atom is 0.259 e. The van der Waals surface area contributed by atoms with E-state index < -0.39 is 11.8 Å². The van der Waals surface area contributed by atoms with Crippen molar-refractivity contribution in [1.82, 2.24) is 14.5 Å². The predicted octanol–water partition coefficient (Wildman–Crippen LogP) is 4.40. The molecule has 0 aliphatic carbocycles. The fraction of sp³-hybridized carbons (Fsp3) is 0.0357. The number of hydrogen-bond acceptors (Lipinski definition) is 3. The molecular weight excluding hydrogens is 474 g/mol. The van der Waals surface area contributed by atoms with E-state index in [1.807, 2.05) is 95.3 Å². The van der Waals surface area contributed by atoms with Gasteiger partial charge in [0, 0.05) is 58.1 Å². The number of amides is 2. The van der Waals surface area contributed by atoms with E-state index in [2.05, 4.69) is 5.32 Å². The van der Waals surface area contributed by atoms with E-state index in [4.69, 9.17) is 11.1 Å². The lowest BCUT2D eigenvalue weighted by atomic mass is 9.95. The lowest BCUT2D eigenvalue weighted by molar-refractivity contribution is -0.122. The summed E-state index contributed by atoms with van der Waals surface area (Å²) in [5.41, 5.74) is 11.1. The van der Waals surface area contributed by atoms with Crippen molar-refractivity contribution in [2.75, 3.05) is 0 Å². The van der Waals surface area contributed by atoms with E-state index in [0.717, 1.165) is 33.1 Å². The Hall–Kier alpha value is -4.62. The molecule has 178 valence electrons. The molecule has 8 heteroatoms. The van der Waals surface area contributed by atoms with Crippen molar-refractivity contribution >= 4 is 63.0 Å². The molecular formula is C28H22ClN5O2. The summed E-state index contributed by atoms with van der Waals surface area (Å²) < 4.78 is 3.92. The molecule has 0 radical (unpaired) electrons. The van der Waals surface area contributed by atoms with Gasteiger partial charge in [-0.15, -0.1) is 12.4 Å². The minimum atomic E-state index is -0.418. The highest BCUT2D eigenvalue weighted by molar-refractivity contribution is 6.50. The van der Waals surface area contributed by atoms with E-state index in [0.29, 0.717) is 22.3 Å². The minimum absolute atomic E-state index is 0. The largest absolute Gasteiger partial charge is 0.384 e. The zero-order chi connectivity index (χ0) is 24.3. The topological polar surface area (TPSA) is 106 Å². The fourth-order valence-corrected chi connectivity index (χ4v) is 4.93. The van der Waals surface area contributed by atoms with Crippen molar-refractivity contribution in [3.63, 3.8) is 0 Å². The van der Waals surface area contributed by atoms with Gasteiger partial charge >= 0.3 is 0 Å². The van der Waals surface area contributed by atoms with Gasteiger partial charge in [-0.1, -0.05) is 48.5 Å². The molecule has 0 spiro atoms. The maximum atomic E-state index is 13.2. The van der Waals surface area contributed by atoms with Crippen LogP contribution in [0, 0.1) is 5.41 Å². The summed E-state index contributed by atoms with van der Waals surface area (Å²) in [7, 11) is 1.93. The number of amidine groups is 1. The third kappa shape index (κ3) is 3.40. The van der Waals surface area contributed by atoms with Crippen LogP contribution in [0.4, 0.5) is 0 Å². The van der Waals surface area contributed by atoms with Crippen LogP contribution >= 0.6 is 12.4 Å². The third-order valence-electron chi connectivity index (χ3n) is 6.51. The number of carbonyl (C=O) groups is 2. The molecule has 0 unspecified atom stereocenters. The molecule has 0 bridgehead atoms. The van der Waals surface area contributed by atoms with Gasteiger partial charge in [-0.25, -0.2) is 0 Å². The minimum Gasteiger partial charge on any atom is -0.384 e. The second-order valence-electron chi connectivity index (χ2n) is 8.60. The smallest absolute Gasteiger partial charge is 0.259 e. The van der Waals surface area contributed by atoms with Crippen LogP contribution in [0.2, 0.25) is 0 Å². The SMILES string of the molecule is Cl.Cn1cc(C2=C(c3cn(-c4cccc(C(=N)N)c4)c4ccccc34)C(=O)NC2=O)c2ccccc21. The number of imide groups is 1. The lowest BCUT2D eigenvalue weighted by Crippen LogP contribution is -2.22. The molecule has 3 aromatic carbocycles. The van der Waals surface area contributed by atoms with Crippen LogP contribution in [0.5, 0.6) is 0 Å². The van der Waals surface area contributed by atoms with E-state index >= 15 is 0 Å². The van der Waals surface area contributed by atoms with Crippen LogP contribution in [0.25, 0.3) is 38.6 Å². The van der Waals surface area contributed by atoms with Crippen LogP contribution < -0.4 is 11.1 Å². The van der Waals surface area contributed by atoms with Gasteiger partial charge in [-0.2, -0.15) is 0 Å². The van der Waals surface area contributed by atoms with Crippen molar-refractivity contribution in [3.8, 4) is 5.69 Å². The molecule has 36 heavy (non-hydrogen) atoms. The fourth-order valence-electron chi connectivity index (χ4n) is 4.93. The van der Waals surface area contributed by atoms with E-state index in [9.17, 15) is 9.59 Å². The summed E-state index contributed by atoms with van der Waals surface area (Å²) in [5, 5.41) is 12.1. The molecule has 0 atom stereocenters. The number of hydrogen-bond donors (Lipinski definition) is 3. The van der Waals surface area contributed by atoms with Gasteiger partial charge in [-0.3, -0.25) is 20.3 Å². The summed E-state index contributed by atoms with van der Waals surface area (Å²) in [6, 6.07) is 22.9. The Morgan fingerprint density at radius 1 is 0.806 bits per heavy atom. The first kappa shape index (κ1) is 23.1. The Morgan fingerprint density at radius 3 is 2.06 bits per heavy atom. The number of rotatable bonds is 4. The summed E-state index contributed by atoms with van der Waals surface area (Å²) in [4.78, 5) is 26.3. The number of nitrogens with two attached hydrogens (primary N) is 1. The molecule has 1 aliphatic heterocycles. The van der Waals surface area contributed by atoms with Crippen molar-refractivity contribution in [3.05, 3.63) is 102 Å². The molecule has 1 aliphatic rings. The van der Waals surface area contributed by atoms with Crippen LogP contribution in [0.3, 0.4) is 0 Å². The van der Waals surface area contributed by atoms with Gasteiger partial charge < -0.3 is 14.9 Å². The third-order valence-corrected chi connectivity index (χ3v) is 6.51. The quantitative estimate of drug-likeness (QED) is 0.195. The van der Waals surface area contributed by atoms with Gasteiger partial charge in [0.05, 0.1) is 16.7 Å². The molecule has 5 aromatic rings. The lowest BCUT2D eigenvalue weighted by Gasteiger charge is -2.07. The standard InChI is InChI=1S/C28H21N5O2.ClH/c1-32-14-20(18-9-2-4-11-22(18)32)24-25(28(35)31-27(24)34)21-15-33(23-12-5-3-10-19(21)23)17-8-6-7-16(13-17)26(29)30;/h2-15H,1H3,(H3,29,30)(H,31,34,35);1H. The average Bonchev–Trinajstić information content (AvgIpc) is 3.49. The number of aromatic nitrogens is 2. The Labute approximate surface area is 212 Å². The summed E-state index contributed by atoms with van der Waals surface area (Å²) in [5.74, 6) is -0.847. The number of halogens is 1. The normalized spacial score (nSPS) is 13.4. The predicted molar refractivity (Wildman–Crippen MR) is 144 cm³/mol. The van der Waals surface area contributed by atoms with Gasteiger partial charge in [0.2, 0.25) is 0 Å². The van der Waals surface area contributed by atoms with Gasteiger partial charge in [-0.05, 0) is 24.3 Å². The van der Waals surface area contributed by atoms with E-state index in [-0.39, 0.29) is 18.2 Å². The highest BCUT2D eigenvalue weighted by atomic mass is 35.5.